The van der Waals surface area contributed by atoms with Crippen LogP contribution >= 0.6 is 12.2 Å². The van der Waals surface area contributed by atoms with Crippen molar-refractivity contribution in [3.8, 4) is 0 Å². The van der Waals surface area contributed by atoms with Gasteiger partial charge in [0, 0.05) is 13.0 Å². The standard InChI is InChI=1S/C24H46N2OS/c1-2-3-4-5-6-7-8-9-10-11-12-13-14-17-20-25-24(28)26-23(27)21-22-18-15-16-19-22/h22H,2-21H2,1H3,(H2,25,26,27,28). The minimum absolute atomic E-state index is 0.0883. The Morgan fingerprint density at radius 1 is 0.786 bits per heavy atom. The zero-order chi connectivity index (χ0) is 20.3. The van der Waals surface area contributed by atoms with Gasteiger partial charge in [-0.05, 0) is 37.4 Å². The van der Waals surface area contributed by atoms with Crippen LogP contribution in [-0.4, -0.2) is 17.6 Å². The van der Waals surface area contributed by atoms with E-state index >= 15 is 0 Å². The molecule has 0 aliphatic heterocycles. The Balaban J connectivity index is 1.77. The van der Waals surface area contributed by atoms with Gasteiger partial charge in [0.1, 0.15) is 0 Å². The van der Waals surface area contributed by atoms with Crippen molar-refractivity contribution >= 4 is 23.2 Å². The van der Waals surface area contributed by atoms with Crippen LogP contribution < -0.4 is 10.6 Å². The molecule has 1 aliphatic rings. The second-order valence-corrected chi connectivity index (χ2v) is 9.16. The smallest absolute Gasteiger partial charge is 0.226 e. The quantitative estimate of drug-likeness (QED) is 0.199. The molecular formula is C24H46N2OS. The summed E-state index contributed by atoms with van der Waals surface area (Å²) in [6.45, 7) is 3.16. The van der Waals surface area contributed by atoms with Gasteiger partial charge in [0.05, 0.1) is 0 Å². The number of nitrogens with one attached hydrogen (secondary N) is 2. The first kappa shape index (κ1) is 25.4. The molecule has 0 bridgehead atoms. The molecule has 0 radical (unpaired) electrons. The van der Waals surface area contributed by atoms with E-state index < -0.39 is 0 Å². The highest BCUT2D eigenvalue weighted by atomic mass is 32.1. The van der Waals surface area contributed by atoms with E-state index in [1.807, 2.05) is 0 Å². The first-order valence-corrected chi connectivity index (χ1v) is 12.7. The van der Waals surface area contributed by atoms with Crippen LogP contribution in [0.15, 0.2) is 0 Å². The Morgan fingerprint density at radius 3 is 1.75 bits per heavy atom. The van der Waals surface area contributed by atoms with E-state index in [0.717, 1.165) is 13.0 Å². The van der Waals surface area contributed by atoms with Crippen molar-refractivity contribution in [2.75, 3.05) is 6.54 Å². The third kappa shape index (κ3) is 15.3. The topological polar surface area (TPSA) is 41.1 Å². The highest BCUT2D eigenvalue weighted by Gasteiger charge is 2.18. The molecule has 1 rings (SSSR count). The number of carbonyl (C=O) groups is 1. The molecule has 164 valence electrons. The fourth-order valence-corrected chi connectivity index (χ4v) is 4.44. The molecule has 0 aromatic carbocycles. The summed E-state index contributed by atoms with van der Waals surface area (Å²) in [7, 11) is 0. The Kier molecular flexibility index (Phi) is 16.7. The average molecular weight is 411 g/mol. The van der Waals surface area contributed by atoms with Gasteiger partial charge in [-0.1, -0.05) is 103 Å². The first-order valence-electron chi connectivity index (χ1n) is 12.3. The van der Waals surface area contributed by atoms with Crippen molar-refractivity contribution in [2.24, 2.45) is 5.92 Å². The van der Waals surface area contributed by atoms with Crippen molar-refractivity contribution in [1.82, 2.24) is 10.6 Å². The molecule has 1 amide bonds. The normalized spacial score (nSPS) is 14.3. The minimum Gasteiger partial charge on any atom is -0.362 e. The van der Waals surface area contributed by atoms with Crippen LogP contribution in [0, 0.1) is 5.92 Å². The van der Waals surface area contributed by atoms with Gasteiger partial charge in [-0.2, -0.15) is 0 Å². The van der Waals surface area contributed by atoms with Gasteiger partial charge in [0.2, 0.25) is 5.91 Å². The van der Waals surface area contributed by atoms with Crippen molar-refractivity contribution in [2.45, 2.75) is 129 Å². The monoisotopic (exact) mass is 410 g/mol. The maximum atomic E-state index is 11.9. The van der Waals surface area contributed by atoms with E-state index in [2.05, 4.69) is 17.6 Å². The molecule has 4 heteroatoms. The van der Waals surface area contributed by atoms with E-state index in [0.29, 0.717) is 17.5 Å². The Morgan fingerprint density at radius 2 is 1.25 bits per heavy atom. The SMILES string of the molecule is CCCCCCCCCCCCCCCCNC(=S)NC(=O)CC1CCCC1. The lowest BCUT2D eigenvalue weighted by Crippen LogP contribution is -2.40. The van der Waals surface area contributed by atoms with Crippen molar-refractivity contribution < 1.29 is 4.79 Å². The Bertz CT molecular complexity index is 394. The molecule has 0 spiro atoms. The fraction of sp³-hybridized carbons (Fsp3) is 0.917. The van der Waals surface area contributed by atoms with Gasteiger partial charge in [-0.25, -0.2) is 0 Å². The third-order valence-corrected chi connectivity index (χ3v) is 6.26. The molecule has 0 heterocycles. The van der Waals surface area contributed by atoms with Crippen LogP contribution in [0.2, 0.25) is 0 Å². The van der Waals surface area contributed by atoms with Crippen LogP contribution in [0.3, 0.4) is 0 Å². The maximum Gasteiger partial charge on any atom is 0.226 e. The molecule has 28 heavy (non-hydrogen) atoms. The fourth-order valence-electron chi connectivity index (χ4n) is 4.22. The summed E-state index contributed by atoms with van der Waals surface area (Å²) in [4.78, 5) is 11.9. The molecule has 0 saturated heterocycles. The largest absolute Gasteiger partial charge is 0.362 e. The van der Waals surface area contributed by atoms with Crippen LogP contribution in [0.4, 0.5) is 0 Å². The minimum atomic E-state index is 0.0883. The van der Waals surface area contributed by atoms with Gasteiger partial charge in [0.25, 0.3) is 0 Å². The summed E-state index contributed by atoms with van der Waals surface area (Å²) in [6, 6.07) is 0. The molecule has 0 aromatic heterocycles. The molecule has 0 unspecified atom stereocenters. The lowest BCUT2D eigenvalue weighted by atomic mass is 10.0. The number of hydrogen-bond donors (Lipinski definition) is 2. The number of unbranched alkanes of at least 4 members (excludes halogenated alkanes) is 13. The lowest BCUT2D eigenvalue weighted by molar-refractivity contribution is -0.120. The van der Waals surface area contributed by atoms with Crippen LogP contribution in [0.1, 0.15) is 129 Å². The van der Waals surface area contributed by atoms with Crippen LogP contribution in [0.5, 0.6) is 0 Å². The molecule has 0 atom stereocenters. The predicted octanol–water partition coefficient (Wildman–Crippen LogP) is 7.04. The van der Waals surface area contributed by atoms with Crippen LogP contribution in [0.25, 0.3) is 0 Å². The Hall–Kier alpha value is -0.640. The summed E-state index contributed by atoms with van der Waals surface area (Å²) < 4.78 is 0. The molecule has 3 nitrogen and oxygen atoms in total. The molecule has 0 aromatic rings. The van der Waals surface area contributed by atoms with E-state index in [-0.39, 0.29) is 5.91 Å². The first-order chi connectivity index (χ1) is 13.7. The van der Waals surface area contributed by atoms with E-state index in [1.54, 1.807) is 0 Å². The highest BCUT2D eigenvalue weighted by Crippen LogP contribution is 2.27. The average Bonchev–Trinajstić information content (AvgIpc) is 3.17. The molecule has 1 fully saturated rings. The van der Waals surface area contributed by atoms with Crippen molar-refractivity contribution in [3.63, 3.8) is 0 Å². The highest BCUT2D eigenvalue weighted by molar-refractivity contribution is 7.80. The van der Waals surface area contributed by atoms with Gasteiger partial charge in [-0.3, -0.25) is 4.79 Å². The van der Waals surface area contributed by atoms with E-state index in [4.69, 9.17) is 12.2 Å². The Labute approximate surface area is 180 Å². The summed E-state index contributed by atoms with van der Waals surface area (Å²) in [5.74, 6) is 0.666. The van der Waals surface area contributed by atoms with Gasteiger partial charge in [0.15, 0.2) is 5.11 Å². The number of amides is 1. The number of rotatable bonds is 17. The van der Waals surface area contributed by atoms with E-state index in [1.165, 1.54) is 109 Å². The predicted molar refractivity (Wildman–Crippen MR) is 126 cm³/mol. The van der Waals surface area contributed by atoms with Crippen molar-refractivity contribution in [3.05, 3.63) is 0 Å². The molecular weight excluding hydrogens is 364 g/mol. The summed E-state index contributed by atoms with van der Waals surface area (Å²) in [6.07, 6.45) is 24.8. The van der Waals surface area contributed by atoms with Gasteiger partial charge < -0.3 is 10.6 Å². The number of hydrogen-bond acceptors (Lipinski definition) is 2. The second kappa shape index (κ2) is 18.4. The summed E-state index contributed by atoms with van der Waals surface area (Å²) >= 11 is 5.23. The number of carbonyl (C=O) groups excluding carboxylic acids is 1. The summed E-state index contributed by atoms with van der Waals surface area (Å²) in [5.41, 5.74) is 0. The second-order valence-electron chi connectivity index (χ2n) is 8.75. The van der Waals surface area contributed by atoms with Crippen molar-refractivity contribution in [1.29, 1.82) is 0 Å². The molecule has 1 aliphatic carbocycles. The zero-order valence-corrected chi connectivity index (χ0v) is 19.4. The number of thiocarbonyl (C=S) groups is 1. The van der Waals surface area contributed by atoms with E-state index in [9.17, 15) is 4.79 Å². The van der Waals surface area contributed by atoms with Gasteiger partial charge in [-0.15, -0.1) is 0 Å². The van der Waals surface area contributed by atoms with Gasteiger partial charge >= 0.3 is 0 Å². The molecule has 1 saturated carbocycles. The third-order valence-electron chi connectivity index (χ3n) is 6.02. The lowest BCUT2D eigenvalue weighted by Gasteiger charge is -2.11. The molecule has 2 N–H and O–H groups in total. The zero-order valence-electron chi connectivity index (χ0n) is 18.5. The van der Waals surface area contributed by atoms with Crippen LogP contribution in [-0.2, 0) is 4.79 Å². The summed E-state index contributed by atoms with van der Waals surface area (Å²) in [5, 5.41) is 6.53. The maximum absolute atomic E-state index is 11.9.